The molecule has 1 fully saturated rings. The summed E-state index contributed by atoms with van der Waals surface area (Å²) in [4.78, 5) is 18.8. The SMILES string of the molecule is COc1cc2c3cnc(Nc4ccc5c(n4)CCNC5)nc3n(C3CCCC3)c2cn1. The van der Waals surface area contributed by atoms with Gasteiger partial charge in [0.2, 0.25) is 11.8 Å². The molecule has 2 N–H and O–H groups in total. The molecule has 5 heterocycles. The Kier molecular flexibility index (Phi) is 4.45. The maximum Gasteiger partial charge on any atom is 0.230 e. The average Bonchev–Trinajstić information content (AvgIpc) is 3.44. The first-order valence-electron chi connectivity index (χ1n) is 11.0. The highest BCUT2D eigenvalue weighted by molar-refractivity contribution is 6.06. The summed E-state index contributed by atoms with van der Waals surface area (Å²) >= 11 is 0. The van der Waals surface area contributed by atoms with E-state index in [0.29, 0.717) is 17.9 Å². The number of aromatic nitrogens is 5. The second-order valence-electron chi connectivity index (χ2n) is 8.34. The van der Waals surface area contributed by atoms with Gasteiger partial charge in [-0.3, -0.25) is 0 Å². The van der Waals surface area contributed by atoms with E-state index in [1.54, 1.807) is 7.11 Å². The minimum Gasteiger partial charge on any atom is -0.481 e. The van der Waals surface area contributed by atoms with Crippen molar-refractivity contribution in [2.45, 2.75) is 44.7 Å². The average molecular weight is 416 g/mol. The highest BCUT2D eigenvalue weighted by Gasteiger charge is 2.24. The smallest absolute Gasteiger partial charge is 0.230 e. The molecule has 0 atom stereocenters. The number of anilines is 2. The largest absolute Gasteiger partial charge is 0.481 e. The Morgan fingerprint density at radius 1 is 1.10 bits per heavy atom. The van der Waals surface area contributed by atoms with Crippen LogP contribution in [0.2, 0.25) is 0 Å². The third-order valence-electron chi connectivity index (χ3n) is 6.47. The van der Waals surface area contributed by atoms with Gasteiger partial charge in [-0.25, -0.2) is 15.0 Å². The van der Waals surface area contributed by atoms with Crippen molar-refractivity contribution in [3.63, 3.8) is 0 Å². The molecule has 2 aliphatic rings. The molecule has 4 aromatic heterocycles. The predicted octanol–water partition coefficient (Wildman–Crippen LogP) is 3.89. The number of rotatable bonds is 4. The van der Waals surface area contributed by atoms with Gasteiger partial charge in [-0.1, -0.05) is 18.9 Å². The standard InChI is InChI=1S/C23H25N7O/c1-31-21-10-16-17-12-26-23(28-20-7-6-14-11-24-9-8-18(14)27-20)29-22(17)30(19(16)13-25-21)15-4-2-3-5-15/h6-7,10,12-13,15,24H,2-5,8-9,11H2,1H3,(H,26,27,28,29). The van der Waals surface area contributed by atoms with Crippen LogP contribution < -0.4 is 15.4 Å². The molecular weight excluding hydrogens is 390 g/mol. The molecule has 0 bridgehead atoms. The van der Waals surface area contributed by atoms with Crippen LogP contribution in [-0.4, -0.2) is 38.2 Å². The molecule has 0 spiro atoms. The molecule has 8 nitrogen and oxygen atoms in total. The molecule has 1 saturated carbocycles. The van der Waals surface area contributed by atoms with Crippen molar-refractivity contribution >= 4 is 33.7 Å². The fraction of sp³-hybridized carbons (Fsp3) is 0.391. The molecule has 0 saturated heterocycles. The molecule has 0 aromatic carbocycles. The number of nitrogens with one attached hydrogen (secondary N) is 2. The lowest BCUT2D eigenvalue weighted by molar-refractivity contribution is 0.398. The molecule has 0 amide bonds. The van der Waals surface area contributed by atoms with E-state index >= 15 is 0 Å². The molecule has 1 aliphatic heterocycles. The minimum absolute atomic E-state index is 0.437. The molecule has 158 valence electrons. The van der Waals surface area contributed by atoms with Crippen LogP contribution in [0, 0.1) is 0 Å². The third-order valence-corrected chi connectivity index (χ3v) is 6.47. The van der Waals surface area contributed by atoms with Crippen LogP contribution in [-0.2, 0) is 13.0 Å². The molecule has 31 heavy (non-hydrogen) atoms. The van der Waals surface area contributed by atoms with E-state index < -0.39 is 0 Å². The van der Waals surface area contributed by atoms with Gasteiger partial charge >= 0.3 is 0 Å². The van der Waals surface area contributed by atoms with Crippen molar-refractivity contribution in [1.82, 2.24) is 29.8 Å². The first-order valence-corrected chi connectivity index (χ1v) is 11.0. The van der Waals surface area contributed by atoms with Crippen LogP contribution in [0.4, 0.5) is 11.8 Å². The maximum atomic E-state index is 5.37. The van der Waals surface area contributed by atoms with E-state index in [9.17, 15) is 0 Å². The van der Waals surface area contributed by atoms with E-state index in [1.165, 1.54) is 18.4 Å². The van der Waals surface area contributed by atoms with Crippen molar-refractivity contribution < 1.29 is 4.74 Å². The number of nitrogens with zero attached hydrogens (tertiary/aromatic N) is 5. The second kappa shape index (κ2) is 7.46. The predicted molar refractivity (Wildman–Crippen MR) is 120 cm³/mol. The van der Waals surface area contributed by atoms with E-state index in [2.05, 4.69) is 31.2 Å². The van der Waals surface area contributed by atoms with Gasteiger partial charge < -0.3 is 19.9 Å². The van der Waals surface area contributed by atoms with Gasteiger partial charge in [-0.2, -0.15) is 4.98 Å². The number of ether oxygens (including phenoxy) is 1. The van der Waals surface area contributed by atoms with Crippen LogP contribution in [0.25, 0.3) is 21.9 Å². The van der Waals surface area contributed by atoms with Gasteiger partial charge in [-0.15, -0.1) is 0 Å². The topological polar surface area (TPSA) is 89.8 Å². The molecule has 6 rings (SSSR count). The molecule has 0 radical (unpaired) electrons. The van der Waals surface area contributed by atoms with Crippen molar-refractivity contribution in [1.29, 1.82) is 0 Å². The zero-order valence-corrected chi connectivity index (χ0v) is 17.6. The Hall–Kier alpha value is -3.26. The summed E-state index contributed by atoms with van der Waals surface area (Å²) in [7, 11) is 1.64. The lowest BCUT2D eigenvalue weighted by Gasteiger charge is -2.17. The zero-order chi connectivity index (χ0) is 20.8. The fourth-order valence-corrected chi connectivity index (χ4v) is 4.92. The van der Waals surface area contributed by atoms with Gasteiger partial charge in [0.05, 0.1) is 18.8 Å². The normalized spacial score (nSPS) is 16.7. The Morgan fingerprint density at radius 3 is 2.87 bits per heavy atom. The highest BCUT2D eigenvalue weighted by atomic mass is 16.5. The summed E-state index contributed by atoms with van der Waals surface area (Å²) in [5, 5.41) is 8.81. The number of hydrogen-bond donors (Lipinski definition) is 2. The van der Waals surface area contributed by atoms with Gasteiger partial charge in [0.25, 0.3) is 0 Å². The van der Waals surface area contributed by atoms with Crippen molar-refractivity contribution in [3.8, 4) is 5.88 Å². The van der Waals surface area contributed by atoms with Crippen LogP contribution in [0.3, 0.4) is 0 Å². The highest BCUT2D eigenvalue weighted by Crippen LogP contribution is 2.38. The summed E-state index contributed by atoms with van der Waals surface area (Å²) in [6.07, 6.45) is 9.57. The summed E-state index contributed by atoms with van der Waals surface area (Å²) in [6.45, 7) is 1.84. The molecule has 8 heteroatoms. The van der Waals surface area contributed by atoms with E-state index in [-0.39, 0.29) is 0 Å². The van der Waals surface area contributed by atoms with Gasteiger partial charge in [0.15, 0.2) is 0 Å². The Bertz CT molecular complexity index is 1280. The fourth-order valence-electron chi connectivity index (χ4n) is 4.92. The van der Waals surface area contributed by atoms with Crippen LogP contribution in [0.15, 0.2) is 30.6 Å². The second-order valence-corrected chi connectivity index (χ2v) is 8.34. The quantitative estimate of drug-likeness (QED) is 0.523. The van der Waals surface area contributed by atoms with Crippen molar-refractivity contribution in [2.24, 2.45) is 0 Å². The number of hydrogen-bond acceptors (Lipinski definition) is 7. The van der Waals surface area contributed by atoms with Crippen LogP contribution >= 0.6 is 0 Å². The lowest BCUT2D eigenvalue weighted by Crippen LogP contribution is -2.24. The van der Waals surface area contributed by atoms with Crippen molar-refractivity contribution in [3.05, 3.63) is 41.9 Å². The Morgan fingerprint density at radius 2 is 2.00 bits per heavy atom. The Labute approximate surface area is 180 Å². The first-order chi connectivity index (χ1) is 15.3. The van der Waals surface area contributed by atoms with Crippen LogP contribution in [0.1, 0.15) is 43.0 Å². The van der Waals surface area contributed by atoms with Gasteiger partial charge in [0, 0.05) is 54.3 Å². The lowest BCUT2D eigenvalue weighted by atomic mass is 10.1. The van der Waals surface area contributed by atoms with Gasteiger partial charge in [0.1, 0.15) is 11.5 Å². The molecule has 4 aromatic rings. The summed E-state index contributed by atoms with van der Waals surface area (Å²) in [6, 6.07) is 6.55. The number of methoxy groups -OCH3 is 1. The zero-order valence-electron chi connectivity index (χ0n) is 17.6. The summed E-state index contributed by atoms with van der Waals surface area (Å²) in [5.74, 6) is 1.95. The summed E-state index contributed by atoms with van der Waals surface area (Å²) in [5.41, 5.74) is 4.43. The first kappa shape index (κ1) is 18.5. The molecule has 0 unspecified atom stereocenters. The summed E-state index contributed by atoms with van der Waals surface area (Å²) < 4.78 is 7.72. The monoisotopic (exact) mass is 415 g/mol. The van der Waals surface area contributed by atoms with Gasteiger partial charge in [-0.05, 0) is 24.5 Å². The molecule has 1 aliphatic carbocycles. The van der Waals surface area contributed by atoms with Crippen LogP contribution in [0.5, 0.6) is 5.88 Å². The maximum absolute atomic E-state index is 5.37. The minimum atomic E-state index is 0.437. The van der Waals surface area contributed by atoms with E-state index in [1.807, 2.05) is 24.5 Å². The van der Waals surface area contributed by atoms with E-state index in [4.69, 9.17) is 14.7 Å². The Balaban J connectivity index is 1.45. The third kappa shape index (κ3) is 3.18. The van der Waals surface area contributed by atoms with Crippen molar-refractivity contribution in [2.75, 3.05) is 19.0 Å². The number of fused-ring (bicyclic) bond motifs is 4. The van der Waals surface area contributed by atoms with E-state index in [0.717, 1.165) is 65.8 Å². The number of pyridine rings is 2. The molecular formula is C23H25N7O.